The lowest BCUT2D eigenvalue weighted by Gasteiger charge is -2.09. The number of carbonyl (C=O) groups excluding carboxylic acids is 1. The molecule has 1 amide bonds. The first-order chi connectivity index (χ1) is 8.79. The monoisotopic (exact) mass is 264 g/mol. The lowest BCUT2D eigenvalue weighted by molar-refractivity contribution is -0.130. The Balaban J connectivity index is 1.82. The van der Waals surface area contributed by atoms with E-state index in [-0.39, 0.29) is 12.0 Å². The van der Waals surface area contributed by atoms with Crippen molar-refractivity contribution >= 4 is 17.2 Å². The molecule has 3 N–H and O–H groups in total. The summed E-state index contributed by atoms with van der Waals surface area (Å²) in [5, 5.41) is 4.85. The Kier molecular flexibility index (Phi) is 4.76. The van der Waals surface area contributed by atoms with Gasteiger partial charge in [0.1, 0.15) is 6.10 Å². The zero-order chi connectivity index (χ0) is 12.8. The van der Waals surface area contributed by atoms with Gasteiger partial charge >= 0.3 is 0 Å². The van der Waals surface area contributed by atoms with Crippen molar-refractivity contribution in [2.75, 3.05) is 13.2 Å². The number of thiophene rings is 1. The topological polar surface area (TPSA) is 64.3 Å². The van der Waals surface area contributed by atoms with Crippen LogP contribution in [0.5, 0.6) is 0 Å². The van der Waals surface area contributed by atoms with Crippen molar-refractivity contribution in [1.82, 2.24) is 5.32 Å². The highest BCUT2D eigenvalue weighted by Crippen LogP contribution is 2.15. The molecule has 2 heterocycles. The first-order valence-electron chi connectivity index (χ1n) is 5.95. The van der Waals surface area contributed by atoms with Crippen molar-refractivity contribution in [3.8, 4) is 11.8 Å². The zero-order valence-electron chi connectivity index (χ0n) is 10.1. The summed E-state index contributed by atoms with van der Waals surface area (Å²) in [4.78, 5) is 12.8. The van der Waals surface area contributed by atoms with Crippen LogP contribution in [0, 0.1) is 11.8 Å². The Bertz CT molecular complexity index is 467. The minimum absolute atomic E-state index is 0.0181. The SMILES string of the molecule is NCC#Cc1csc(CNC(=O)C2CCCO2)c1. The summed E-state index contributed by atoms with van der Waals surface area (Å²) in [7, 11) is 0. The fraction of sp³-hybridized carbons (Fsp3) is 0.462. The molecule has 18 heavy (non-hydrogen) atoms. The van der Waals surface area contributed by atoms with Crippen LogP contribution in [0.15, 0.2) is 11.4 Å². The minimum Gasteiger partial charge on any atom is -0.368 e. The smallest absolute Gasteiger partial charge is 0.249 e. The molecule has 2 rings (SSSR count). The summed E-state index contributed by atoms with van der Waals surface area (Å²) in [5.74, 6) is 5.75. The summed E-state index contributed by atoms with van der Waals surface area (Å²) in [6.07, 6.45) is 1.53. The molecule has 0 radical (unpaired) electrons. The third kappa shape index (κ3) is 3.57. The van der Waals surface area contributed by atoms with E-state index in [4.69, 9.17) is 10.5 Å². The third-order valence-electron chi connectivity index (χ3n) is 2.65. The second kappa shape index (κ2) is 6.55. The first kappa shape index (κ1) is 13.1. The van der Waals surface area contributed by atoms with Crippen LogP contribution in [-0.2, 0) is 16.1 Å². The molecule has 1 aromatic heterocycles. The average Bonchev–Trinajstić information content (AvgIpc) is 3.04. The van der Waals surface area contributed by atoms with Gasteiger partial charge in [0.05, 0.1) is 13.1 Å². The van der Waals surface area contributed by atoms with Gasteiger partial charge < -0.3 is 15.8 Å². The number of hydrogen-bond acceptors (Lipinski definition) is 4. The molecule has 0 spiro atoms. The summed E-state index contributed by atoms with van der Waals surface area (Å²) in [6.45, 7) is 1.59. The Morgan fingerprint density at radius 2 is 2.56 bits per heavy atom. The molecule has 5 heteroatoms. The van der Waals surface area contributed by atoms with Gasteiger partial charge in [-0.25, -0.2) is 0 Å². The molecule has 1 unspecified atom stereocenters. The molecule has 1 saturated heterocycles. The molecular formula is C13H16N2O2S. The Labute approximate surface area is 111 Å². The number of nitrogens with two attached hydrogens (primary N) is 1. The van der Waals surface area contributed by atoms with Gasteiger partial charge in [0.2, 0.25) is 5.91 Å². The van der Waals surface area contributed by atoms with Gasteiger partial charge in [0.25, 0.3) is 0 Å². The molecule has 0 aliphatic carbocycles. The third-order valence-corrected chi connectivity index (χ3v) is 3.58. The summed E-state index contributed by atoms with van der Waals surface area (Å²) < 4.78 is 5.32. The summed E-state index contributed by atoms with van der Waals surface area (Å²) in [5.41, 5.74) is 6.26. The second-order valence-corrected chi connectivity index (χ2v) is 5.02. The Hall–Kier alpha value is -1.35. The quantitative estimate of drug-likeness (QED) is 0.796. The predicted molar refractivity (Wildman–Crippen MR) is 71.1 cm³/mol. The standard InChI is InChI=1S/C13H16N2O2S/c14-5-1-3-10-7-11(18-9-10)8-15-13(16)12-4-2-6-17-12/h7,9,12H,2,4-6,8,14H2,(H,15,16). The van der Waals surface area contributed by atoms with Gasteiger partial charge in [0, 0.05) is 22.4 Å². The van der Waals surface area contributed by atoms with Crippen molar-refractivity contribution in [1.29, 1.82) is 0 Å². The van der Waals surface area contributed by atoms with E-state index in [0.29, 0.717) is 19.7 Å². The van der Waals surface area contributed by atoms with E-state index in [9.17, 15) is 4.79 Å². The number of rotatable bonds is 3. The van der Waals surface area contributed by atoms with Gasteiger partial charge in [-0.2, -0.15) is 0 Å². The number of hydrogen-bond donors (Lipinski definition) is 2. The zero-order valence-corrected chi connectivity index (χ0v) is 10.9. The van der Waals surface area contributed by atoms with E-state index in [2.05, 4.69) is 17.2 Å². The normalized spacial score (nSPS) is 18.2. The van der Waals surface area contributed by atoms with Crippen LogP contribution in [-0.4, -0.2) is 25.2 Å². The van der Waals surface area contributed by atoms with Crippen LogP contribution in [0.2, 0.25) is 0 Å². The van der Waals surface area contributed by atoms with Crippen molar-refractivity contribution in [2.45, 2.75) is 25.5 Å². The molecule has 1 aliphatic rings. The molecular weight excluding hydrogens is 248 g/mol. The van der Waals surface area contributed by atoms with E-state index < -0.39 is 0 Å². The van der Waals surface area contributed by atoms with Crippen LogP contribution in [0.25, 0.3) is 0 Å². The van der Waals surface area contributed by atoms with Crippen molar-refractivity contribution in [3.05, 3.63) is 21.9 Å². The second-order valence-electron chi connectivity index (χ2n) is 4.03. The number of amides is 1. The molecule has 0 bridgehead atoms. The number of carbonyl (C=O) groups is 1. The maximum absolute atomic E-state index is 11.7. The van der Waals surface area contributed by atoms with E-state index >= 15 is 0 Å². The molecule has 1 atom stereocenters. The average molecular weight is 264 g/mol. The van der Waals surface area contributed by atoms with E-state index in [0.717, 1.165) is 23.3 Å². The lowest BCUT2D eigenvalue weighted by atomic mass is 10.2. The Morgan fingerprint density at radius 3 is 3.28 bits per heavy atom. The van der Waals surface area contributed by atoms with Gasteiger partial charge in [-0.05, 0) is 18.9 Å². The first-order valence-corrected chi connectivity index (χ1v) is 6.83. The van der Waals surface area contributed by atoms with Crippen molar-refractivity contribution in [3.63, 3.8) is 0 Å². The van der Waals surface area contributed by atoms with Crippen LogP contribution in [0.3, 0.4) is 0 Å². The van der Waals surface area contributed by atoms with Crippen LogP contribution >= 0.6 is 11.3 Å². The fourth-order valence-electron chi connectivity index (χ4n) is 1.76. The van der Waals surface area contributed by atoms with Gasteiger partial charge in [-0.15, -0.1) is 11.3 Å². The summed E-state index contributed by atoms with van der Waals surface area (Å²) >= 11 is 1.59. The maximum Gasteiger partial charge on any atom is 0.249 e. The summed E-state index contributed by atoms with van der Waals surface area (Å²) in [6, 6.07) is 1.98. The minimum atomic E-state index is -0.263. The van der Waals surface area contributed by atoms with Crippen LogP contribution < -0.4 is 11.1 Å². The van der Waals surface area contributed by atoms with Gasteiger partial charge in [-0.1, -0.05) is 11.8 Å². The molecule has 1 aromatic rings. The molecule has 4 nitrogen and oxygen atoms in total. The van der Waals surface area contributed by atoms with Crippen molar-refractivity contribution < 1.29 is 9.53 Å². The highest BCUT2D eigenvalue weighted by atomic mass is 32.1. The van der Waals surface area contributed by atoms with Crippen molar-refractivity contribution in [2.24, 2.45) is 5.73 Å². The van der Waals surface area contributed by atoms with Crippen LogP contribution in [0.1, 0.15) is 23.3 Å². The predicted octanol–water partition coefficient (Wildman–Crippen LogP) is 0.853. The van der Waals surface area contributed by atoms with E-state index in [1.807, 2.05) is 11.4 Å². The highest BCUT2D eigenvalue weighted by Gasteiger charge is 2.23. The fourth-order valence-corrected chi connectivity index (χ4v) is 2.52. The maximum atomic E-state index is 11.7. The van der Waals surface area contributed by atoms with E-state index in [1.165, 1.54) is 0 Å². The molecule has 0 aromatic carbocycles. The highest BCUT2D eigenvalue weighted by molar-refractivity contribution is 7.10. The Morgan fingerprint density at radius 1 is 1.67 bits per heavy atom. The van der Waals surface area contributed by atoms with Gasteiger partial charge in [-0.3, -0.25) is 4.79 Å². The van der Waals surface area contributed by atoms with Gasteiger partial charge in [0.15, 0.2) is 0 Å². The molecule has 1 fully saturated rings. The van der Waals surface area contributed by atoms with Crippen LogP contribution in [0.4, 0.5) is 0 Å². The van der Waals surface area contributed by atoms with E-state index in [1.54, 1.807) is 11.3 Å². The largest absolute Gasteiger partial charge is 0.368 e. The lowest BCUT2D eigenvalue weighted by Crippen LogP contribution is -2.33. The number of nitrogens with one attached hydrogen (secondary N) is 1. The molecule has 96 valence electrons. The molecule has 1 aliphatic heterocycles. The molecule has 0 saturated carbocycles. The number of ether oxygens (including phenoxy) is 1.